The number of alkyl halides is 3. The fraction of sp³-hybridized carbons (Fsp3) is 1.00. The lowest BCUT2D eigenvalue weighted by atomic mass is 11.0. The lowest BCUT2D eigenvalue weighted by Gasteiger charge is -2.12. The average molecular weight is 302 g/mol. The second-order valence-corrected chi connectivity index (χ2v) is 10.3. The van der Waals surface area contributed by atoms with Crippen LogP contribution in [0.2, 0.25) is 0 Å². The van der Waals surface area contributed by atoms with Gasteiger partial charge in [0.1, 0.15) is 0 Å². The molecule has 0 aromatic heterocycles. The van der Waals surface area contributed by atoms with E-state index in [4.69, 9.17) is 0 Å². The molecule has 0 spiro atoms. The highest BCUT2D eigenvalue weighted by atomic mass is 32.3. The van der Waals surface area contributed by atoms with Crippen LogP contribution in [0, 0.1) is 0 Å². The van der Waals surface area contributed by atoms with E-state index in [1.165, 1.54) is 0 Å². The first-order chi connectivity index (χ1) is 6.82. The molecule has 0 aromatic carbocycles. The smallest absolute Gasteiger partial charge is 0.226 e. The Kier molecular flexibility index (Phi) is 2.84. The number of rotatable bonds is 1. The molecule has 1 aliphatic heterocycles. The fourth-order valence-corrected chi connectivity index (χ4v) is 10.3. The summed E-state index contributed by atoms with van der Waals surface area (Å²) in [6.07, 6.45) is 0. The molecule has 0 amide bonds. The summed E-state index contributed by atoms with van der Waals surface area (Å²) >= 11 is 0. The summed E-state index contributed by atoms with van der Waals surface area (Å²) in [7, 11) is -15.9. The van der Waals surface area contributed by atoms with Crippen molar-refractivity contribution in [3.05, 3.63) is 0 Å². The van der Waals surface area contributed by atoms with Crippen LogP contribution in [0.5, 0.6) is 0 Å². The van der Waals surface area contributed by atoms with Crippen molar-refractivity contribution in [2.45, 2.75) is 9.42 Å². The van der Waals surface area contributed by atoms with E-state index in [2.05, 4.69) is 0 Å². The second kappa shape index (κ2) is 3.32. The van der Waals surface area contributed by atoms with Crippen LogP contribution in [-0.2, 0) is 29.5 Å². The monoisotopic (exact) mass is 302 g/mol. The van der Waals surface area contributed by atoms with Gasteiger partial charge in [0.2, 0.25) is 0 Å². The average Bonchev–Trinajstić information content (AvgIpc) is 2.18. The van der Waals surface area contributed by atoms with E-state index >= 15 is 0 Å². The molecule has 0 atom stereocenters. The second-order valence-electron chi connectivity index (χ2n) is 3.01. The molecule has 1 saturated heterocycles. The normalized spacial score (nSPS) is 25.7. The van der Waals surface area contributed by atoms with Crippen LogP contribution < -0.4 is 0 Å². The molecule has 0 unspecified atom stereocenters. The van der Waals surface area contributed by atoms with Crippen LogP contribution in [0.1, 0.15) is 0 Å². The predicted octanol–water partition coefficient (Wildman–Crippen LogP) is -0.952. The summed E-state index contributed by atoms with van der Waals surface area (Å²) in [5, 5.41) is 0. The van der Waals surface area contributed by atoms with Crippen molar-refractivity contribution in [2.24, 2.45) is 0 Å². The van der Waals surface area contributed by atoms with E-state index in [1.807, 2.05) is 0 Å². The van der Waals surface area contributed by atoms with Gasteiger partial charge in [-0.25, -0.2) is 25.3 Å². The van der Waals surface area contributed by atoms with Gasteiger partial charge in [-0.05, 0) is 0 Å². The first-order valence-electron chi connectivity index (χ1n) is 3.56. The van der Waals surface area contributed by atoms with E-state index in [9.17, 15) is 38.4 Å². The standard InChI is InChI=1S/C4H5F3O6S3/c5-4(6,7)16(12,13)3-14(8,9)1-2-15(3,10)11/h3H,1-2H2. The molecule has 6 nitrogen and oxygen atoms in total. The fourth-order valence-electron chi connectivity index (χ4n) is 1.14. The van der Waals surface area contributed by atoms with Crippen molar-refractivity contribution >= 4 is 29.5 Å². The van der Waals surface area contributed by atoms with Crippen molar-refractivity contribution in [1.82, 2.24) is 0 Å². The number of halogens is 3. The van der Waals surface area contributed by atoms with Crippen molar-refractivity contribution in [3.63, 3.8) is 0 Å². The predicted molar refractivity (Wildman–Crippen MR) is 46.3 cm³/mol. The van der Waals surface area contributed by atoms with Crippen molar-refractivity contribution in [3.8, 4) is 0 Å². The maximum Gasteiger partial charge on any atom is 0.499 e. The molecule has 0 bridgehead atoms. The van der Waals surface area contributed by atoms with Crippen molar-refractivity contribution in [2.75, 3.05) is 11.5 Å². The third-order valence-electron chi connectivity index (χ3n) is 1.81. The van der Waals surface area contributed by atoms with E-state index in [0.717, 1.165) is 0 Å². The zero-order chi connectivity index (χ0) is 13.0. The third-order valence-corrected chi connectivity index (χ3v) is 11.0. The minimum atomic E-state index is -6.27. The van der Waals surface area contributed by atoms with Crippen LogP contribution in [0.25, 0.3) is 0 Å². The van der Waals surface area contributed by atoms with Crippen LogP contribution in [0.4, 0.5) is 13.2 Å². The van der Waals surface area contributed by atoms with Crippen LogP contribution in [-0.4, -0.2) is 46.2 Å². The van der Waals surface area contributed by atoms with Crippen LogP contribution in [0.15, 0.2) is 0 Å². The summed E-state index contributed by atoms with van der Waals surface area (Å²) in [6, 6.07) is 0. The van der Waals surface area contributed by atoms with Gasteiger partial charge in [-0.1, -0.05) is 0 Å². The van der Waals surface area contributed by atoms with Crippen LogP contribution in [0.3, 0.4) is 0 Å². The van der Waals surface area contributed by atoms with Gasteiger partial charge in [-0.3, -0.25) is 0 Å². The van der Waals surface area contributed by atoms with Crippen molar-refractivity contribution < 1.29 is 38.4 Å². The topological polar surface area (TPSA) is 102 Å². The summed E-state index contributed by atoms with van der Waals surface area (Å²) < 4.78 is 98.4. The highest BCUT2D eigenvalue weighted by molar-refractivity contribution is 8.26. The van der Waals surface area contributed by atoms with Gasteiger partial charge in [0.15, 0.2) is 19.7 Å². The molecule has 0 saturated carbocycles. The Morgan fingerprint density at radius 1 is 0.938 bits per heavy atom. The zero-order valence-corrected chi connectivity index (χ0v) is 9.75. The largest absolute Gasteiger partial charge is 0.499 e. The van der Waals surface area contributed by atoms with Gasteiger partial charge >= 0.3 is 5.51 Å². The lowest BCUT2D eigenvalue weighted by Crippen LogP contribution is -2.40. The molecule has 1 fully saturated rings. The maximum atomic E-state index is 12.1. The molecule has 16 heavy (non-hydrogen) atoms. The minimum Gasteiger partial charge on any atom is -0.226 e. The molecule has 0 radical (unpaired) electrons. The van der Waals surface area contributed by atoms with E-state index < -0.39 is 50.4 Å². The van der Waals surface area contributed by atoms with Crippen LogP contribution >= 0.6 is 0 Å². The Hall–Kier alpha value is -0.360. The summed E-state index contributed by atoms with van der Waals surface area (Å²) in [4.78, 5) is 0. The summed E-state index contributed by atoms with van der Waals surface area (Å²) in [5.74, 6) is -2.23. The maximum absolute atomic E-state index is 12.1. The molecule has 1 rings (SSSR count). The quantitative estimate of drug-likeness (QED) is 0.618. The van der Waals surface area contributed by atoms with Crippen molar-refractivity contribution in [1.29, 1.82) is 0 Å². The van der Waals surface area contributed by atoms with Gasteiger partial charge in [-0.15, -0.1) is 0 Å². The summed E-state index contributed by atoms with van der Waals surface area (Å²) in [5.41, 5.74) is -5.91. The third kappa shape index (κ3) is 1.93. The molecule has 1 aliphatic rings. The Balaban J connectivity index is 3.57. The first-order valence-corrected chi connectivity index (χ1v) is 8.53. The Labute approximate surface area is 89.2 Å². The molecular formula is C4H5F3O6S3. The Morgan fingerprint density at radius 3 is 1.50 bits per heavy atom. The van der Waals surface area contributed by atoms with E-state index in [-0.39, 0.29) is 0 Å². The molecule has 0 aliphatic carbocycles. The molecule has 0 N–H and O–H groups in total. The van der Waals surface area contributed by atoms with E-state index in [0.29, 0.717) is 0 Å². The minimum absolute atomic E-state index is 1.12. The Bertz CT molecular complexity index is 560. The molecule has 96 valence electrons. The number of hydrogen-bond acceptors (Lipinski definition) is 6. The zero-order valence-electron chi connectivity index (χ0n) is 7.30. The highest BCUT2D eigenvalue weighted by Gasteiger charge is 2.63. The molecule has 1 heterocycles. The first kappa shape index (κ1) is 13.7. The molecular weight excluding hydrogens is 297 g/mol. The number of sulfone groups is 3. The van der Waals surface area contributed by atoms with Gasteiger partial charge in [-0.2, -0.15) is 13.2 Å². The van der Waals surface area contributed by atoms with E-state index in [1.54, 1.807) is 0 Å². The SMILES string of the molecule is O=S1(=O)CCS(=O)(=O)C1S(=O)(=O)C(F)(F)F. The van der Waals surface area contributed by atoms with Gasteiger partial charge in [0.05, 0.1) is 11.5 Å². The van der Waals surface area contributed by atoms with Gasteiger partial charge in [0, 0.05) is 0 Å². The molecule has 12 heteroatoms. The lowest BCUT2D eigenvalue weighted by molar-refractivity contribution is -0.0434. The van der Waals surface area contributed by atoms with Gasteiger partial charge < -0.3 is 0 Å². The van der Waals surface area contributed by atoms with Gasteiger partial charge in [0.25, 0.3) is 13.8 Å². The highest BCUT2D eigenvalue weighted by Crippen LogP contribution is 2.35. The number of hydrogen-bond donors (Lipinski definition) is 0. The summed E-state index contributed by atoms with van der Waals surface area (Å²) in [6.45, 7) is 0. The Morgan fingerprint density at radius 2 is 1.25 bits per heavy atom. The molecule has 0 aromatic rings.